The first-order chi connectivity index (χ1) is 8.15. The number of aromatic nitrogens is 1. The van der Waals surface area contributed by atoms with E-state index in [4.69, 9.17) is 5.73 Å². The van der Waals surface area contributed by atoms with Gasteiger partial charge in [0.2, 0.25) is 0 Å². The van der Waals surface area contributed by atoms with Crippen molar-refractivity contribution in [1.82, 2.24) is 4.98 Å². The molecule has 17 heavy (non-hydrogen) atoms. The van der Waals surface area contributed by atoms with Crippen LogP contribution in [0.1, 0.15) is 12.8 Å². The fourth-order valence-electron chi connectivity index (χ4n) is 2.21. The molecular formula is C10H13BrN4O2. The maximum absolute atomic E-state index is 11.0. The number of halogens is 1. The van der Waals surface area contributed by atoms with Crippen molar-refractivity contribution >= 4 is 27.3 Å². The van der Waals surface area contributed by atoms with Crippen LogP contribution >= 0.6 is 15.9 Å². The fraction of sp³-hybridized carbons (Fsp3) is 0.500. The van der Waals surface area contributed by atoms with Gasteiger partial charge < -0.3 is 10.6 Å². The van der Waals surface area contributed by atoms with Crippen LogP contribution in [-0.2, 0) is 0 Å². The lowest BCUT2D eigenvalue weighted by molar-refractivity contribution is -0.384. The van der Waals surface area contributed by atoms with Gasteiger partial charge in [-0.25, -0.2) is 0 Å². The second kappa shape index (κ2) is 4.97. The van der Waals surface area contributed by atoms with E-state index in [2.05, 4.69) is 20.9 Å². The summed E-state index contributed by atoms with van der Waals surface area (Å²) in [5, 5.41) is 11.0. The predicted octanol–water partition coefficient (Wildman–Crippen LogP) is 1.68. The molecule has 1 aromatic rings. The summed E-state index contributed by atoms with van der Waals surface area (Å²) in [5.74, 6) is 0. The molecule has 0 saturated carbocycles. The molecule has 0 aliphatic carbocycles. The lowest BCUT2D eigenvalue weighted by atomic mass is 10.2. The molecule has 0 aromatic carbocycles. The van der Waals surface area contributed by atoms with Gasteiger partial charge in [0.15, 0.2) is 0 Å². The predicted molar refractivity (Wildman–Crippen MR) is 68.0 cm³/mol. The van der Waals surface area contributed by atoms with Gasteiger partial charge in [-0.3, -0.25) is 15.1 Å². The molecule has 2 N–H and O–H groups in total. The number of pyridine rings is 1. The van der Waals surface area contributed by atoms with Crippen molar-refractivity contribution in [3.8, 4) is 0 Å². The highest BCUT2D eigenvalue weighted by Crippen LogP contribution is 2.38. The first kappa shape index (κ1) is 12.3. The summed E-state index contributed by atoms with van der Waals surface area (Å²) in [5.41, 5.74) is 6.32. The van der Waals surface area contributed by atoms with Crippen molar-refractivity contribution in [2.24, 2.45) is 5.73 Å². The summed E-state index contributed by atoms with van der Waals surface area (Å²) in [6.07, 6.45) is 4.84. The van der Waals surface area contributed by atoms with Crippen LogP contribution < -0.4 is 10.6 Å². The normalized spacial score (nSPS) is 19.6. The molecule has 7 heteroatoms. The highest BCUT2D eigenvalue weighted by Gasteiger charge is 2.30. The average Bonchev–Trinajstić information content (AvgIpc) is 2.76. The van der Waals surface area contributed by atoms with Gasteiger partial charge in [0.05, 0.1) is 9.40 Å². The minimum Gasteiger partial charge on any atom is -0.361 e. The van der Waals surface area contributed by atoms with E-state index in [1.807, 2.05) is 4.90 Å². The maximum atomic E-state index is 11.0. The quantitative estimate of drug-likeness (QED) is 0.678. The molecule has 1 unspecified atom stereocenters. The van der Waals surface area contributed by atoms with Gasteiger partial charge >= 0.3 is 5.69 Å². The molecule has 92 valence electrons. The molecule has 1 fully saturated rings. The van der Waals surface area contributed by atoms with Gasteiger partial charge in [0.25, 0.3) is 0 Å². The standard InChI is InChI=1S/C10H13BrN4O2/c11-8-5-13-6-9(15(16)17)10(8)14-3-1-2-7(14)4-12/h5-7H,1-4,12H2. The topological polar surface area (TPSA) is 85.3 Å². The minimum atomic E-state index is -0.404. The molecule has 0 spiro atoms. The number of nitrogens with two attached hydrogens (primary N) is 1. The van der Waals surface area contributed by atoms with E-state index in [1.54, 1.807) is 6.20 Å². The van der Waals surface area contributed by atoms with Crippen LogP contribution in [-0.4, -0.2) is 29.0 Å². The summed E-state index contributed by atoms with van der Waals surface area (Å²) in [4.78, 5) is 16.5. The van der Waals surface area contributed by atoms with Crippen molar-refractivity contribution in [3.63, 3.8) is 0 Å². The molecule has 1 aliphatic rings. The molecule has 1 atom stereocenters. The average molecular weight is 301 g/mol. The molecule has 1 aromatic heterocycles. The van der Waals surface area contributed by atoms with E-state index in [1.165, 1.54) is 6.20 Å². The van der Waals surface area contributed by atoms with E-state index >= 15 is 0 Å². The van der Waals surface area contributed by atoms with Gasteiger partial charge in [0.1, 0.15) is 11.9 Å². The molecule has 1 saturated heterocycles. The number of nitro groups is 1. The Morgan fingerprint density at radius 2 is 2.41 bits per heavy atom. The summed E-state index contributed by atoms with van der Waals surface area (Å²) >= 11 is 3.33. The van der Waals surface area contributed by atoms with Gasteiger partial charge in [0, 0.05) is 25.3 Å². The second-order valence-electron chi connectivity index (χ2n) is 3.97. The van der Waals surface area contributed by atoms with E-state index in [-0.39, 0.29) is 11.7 Å². The zero-order chi connectivity index (χ0) is 12.4. The number of nitrogens with zero attached hydrogens (tertiary/aromatic N) is 3. The third kappa shape index (κ3) is 2.25. The van der Waals surface area contributed by atoms with Crippen molar-refractivity contribution in [3.05, 3.63) is 27.0 Å². The Labute approximate surface area is 107 Å². The van der Waals surface area contributed by atoms with E-state index < -0.39 is 4.92 Å². The first-order valence-electron chi connectivity index (χ1n) is 5.39. The monoisotopic (exact) mass is 300 g/mol. The zero-order valence-corrected chi connectivity index (χ0v) is 10.8. The molecule has 1 aliphatic heterocycles. The van der Waals surface area contributed by atoms with Crippen LogP contribution in [0.5, 0.6) is 0 Å². The Bertz CT molecular complexity index is 440. The zero-order valence-electron chi connectivity index (χ0n) is 9.17. The van der Waals surface area contributed by atoms with Gasteiger partial charge in [-0.15, -0.1) is 0 Å². The van der Waals surface area contributed by atoms with E-state index in [0.29, 0.717) is 16.7 Å². The Morgan fingerprint density at radius 3 is 3.06 bits per heavy atom. The van der Waals surface area contributed by atoms with Crippen molar-refractivity contribution < 1.29 is 4.92 Å². The summed E-state index contributed by atoms with van der Waals surface area (Å²) in [6, 6.07) is 0.174. The van der Waals surface area contributed by atoms with Crippen LogP contribution in [0.25, 0.3) is 0 Å². The van der Waals surface area contributed by atoms with Crippen molar-refractivity contribution in [1.29, 1.82) is 0 Å². The lowest BCUT2D eigenvalue weighted by Crippen LogP contribution is -2.36. The van der Waals surface area contributed by atoms with E-state index in [0.717, 1.165) is 19.4 Å². The van der Waals surface area contributed by atoms with Crippen LogP contribution in [0.3, 0.4) is 0 Å². The molecule has 6 nitrogen and oxygen atoms in total. The van der Waals surface area contributed by atoms with E-state index in [9.17, 15) is 10.1 Å². The Kier molecular flexibility index (Phi) is 3.58. The Balaban J connectivity index is 2.46. The third-order valence-electron chi connectivity index (χ3n) is 2.99. The molecule has 2 heterocycles. The first-order valence-corrected chi connectivity index (χ1v) is 6.19. The van der Waals surface area contributed by atoms with Crippen LogP contribution in [0.15, 0.2) is 16.9 Å². The summed E-state index contributed by atoms with van der Waals surface area (Å²) in [6.45, 7) is 1.30. The van der Waals surface area contributed by atoms with Crippen molar-refractivity contribution in [2.45, 2.75) is 18.9 Å². The molecular weight excluding hydrogens is 288 g/mol. The second-order valence-corrected chi connectivity index (χ2v) is 4.83. The molecule has 0 amide bonds. The fourth-order valence-corrected chi connectivity index (χ4v) is 2.76. The largest absolute Gasteiger partial charge is 0.361 e. The Hall–Kier alpha value is -1.21. The smallest absolute Gasteiger partial charge is 0.311 e. The number of hydrogen-bond acceptors (Lipinski definition) is 5. The molecule has 2 rings (SSSR count). The Morgan fingerprint density at radius 1 is 1.65 bits per heavy atom. The highest BCUT2D eigenvalue weighted by molar-refractivity contribution is 9.10. The SMILES string of the molecule is NCC1CCCN1c1c(Br)cncc1[N+](=O)[O-]. The maximum Gasteiger partial charge on any atom is 0.311 e. The van der Waals surface area contributed by atoms with Gasteiger partial charge in [-0.05, 0) is 28.8 Å². The van der Waals surface area contributed by atoms with Crippen LogP contribution in [0.4, 0.5) is 11.4 Å². The number of hydrogen-bond donors (Lipinski definition) is 1. The third-order valence-corrected chi connectivity index (χ3v) is 3.57. The minimum absolute atomic E-state index is 0.0275. The van der Waals surface area contributed by atoms with Crippen LogP contribution in [0, 0.1) is 10.1 Å². The highest BCUT2D eigenvalue weighted by atomic mass is 79.9. The number of anilines is 1. The van der Waals surface area contributed by atoms with Gasteiger partial charge in [-0.1, -0.05) is 0 Å². The number of rotatable bonds is 3. The molecule has 0 bridgehead atoms. The van der Waals surface area contributed by atoms with Gasteiger partial charge in [-0.2, -0.15) is 0 Å². The summed E-state index contributed by atoms with van der Waals surface area (Å²) < 4.78 is 0.645. The van der Waals surface area contributed by atoms with Crippen molar-refractivity contribution in [2.75, 3.05) is 18.0 Å². The molecule has 0 radical (unpaired) electrons. The summed E-state index contributed by atoms with van der Waals surface area (Å²) in [7, 11) is 0. The lowest BCUT2D eigenvalue weighted by Gasteiger charge is -2.25. The van der Waals surface area contributed by atoms with Crippen LogP contribution in [0.2, 0.25) is 0 Å².